The first-order valence-corrected chi connectivity index (χ1v) is 8.87. The van der Waals surface area contributed by atoms with Crippen LogP contribution in [0.1, 0.15) is 30.3 Å². The van der Waals surface area contributed by atoms with Crippen LogP contribution in [0.3, 0.4) is 0 Å². The van der Waals surface area contributed by atoms with Crippen molar-refractivity contribution in [3.8, 4) is 0 Å². The van der Waals surface area contributed by atoms with Crippen LogP contribution in [0.2, 0.25) is 0 Å². The van der Waals surface area contributed by atoms with Gasteiger partial charge in [0.25, 0.3) is 5.91 Å². The van der Waals surface area contributed by atoms with E-state index in [0.717, 1.165) is 12.8 Å². The molecule has 28 heavy (non-hydrogen) atoms. The van der Waals surface area contributed by atoms with Crippen LogP contribution in [-0.4, -0.2) is 48.9 Å². The highest BCUT2D eigenvalue weighted by Crippen LogP contribution is 2.28. The number of aromatic nitrogens is 5. The Labute approximate surface area is 161 Å². The number of amides is 2. The number of nitrogens with one attached hydrogen (secondary N) is 3. The van der Waals surface area contributed by atoms with E-state index in [0.29, 0.717) is 5.69 Å². The van der Waals surface area contributed by atoms with Gasteiger partial charge in [-0.25, -0.2) is 0 Å². The molecule has 1 unspecified atom stereocenters. The largest absolute Gasteiger partial charge is 0.364 e. The summed E-state index contributed by atoms with van der Waals surface area (Å²) in [6.45, 7) is 5.52. The SMILES string of the molecule is C=CC(=O)NC1CC[C@@H](Nc2nnc(C(N)=O)c(Nc3cnn(C)c3)n2)[C@H]1C. The molecule has 0 saturated heterocycles. The summed E-state index contributed by atoms with van der Waals surface area (Å²) in [5.74, 6) is -0.314. The summed E-state index contributed by atoms with van der Waals surface area (Å²) in [5, 5.41) is 21.1. The van der Waals surface area contributed by atoms with Gasteiger partial charge in [-0.3, -0.25) is 14.3 Å². The summed E-state index contributed by atoms with van der Waals surface area (Å²) in [4.78, 5) is 27.6. The summed E-state index contributed by atoms with van der Waals surface area (Å²) >= 11 is 0. The fourth-order valence-electron chi connectivity index (χ4n) is 3.24. The number of primary amides is 1. The van der Waals surface area contributed by atoms with Crippen LogP contribution in [0, 0.1) is 5.92 Å². The van der Waals surface area contributed by atoms with E-state index in [9.17, 15) is 9.59 Å². The zero-order valence-corrected chi connectivity index (χ0v) is 15.7. The third-order valence-corrected chi connectivity index (χ3v) is 4.77. The number of aryl methyl sites for hydroxylation is 1. The Balaban J connectivity index is 1.75. The van der Waals surface area contributed by atoms with E-state index >= 15 is 0 Å². The number of nitrogens with zero attached hydrogens (tertiary/aromatic N) is 5. The van der Waals surface area contributed by atoms with Crippen molar-refractivity contribution in [1.29, 1.82) is 0 Å². The predicted molar refractivity (Wildman–Crippen MR) is 103 cm³/mol. The van der Waals surface area contributed by atoms with Crippen molar-refractivity contribution in [3.63, 3.8) is 0 Å². The molecule has 5 N–H and O–H groups in total. The van der Waals surface area contributed by atoms with Gasteiger partial charge in [-0.2, -0.15) is 10.1 Å². The molecule has 0 aliphatic heterocycles. The van der Waals surface area contributed by atoms with Crippen molar-refractivity contribution >= 4 is 29.3 Å². The minimum absolute atomic E-state index is 0.0360. The maximum atomic E-state index is 11.6. The van der Waals surface area contributed by atoms with Gasteiger partial charge in [-0.15, -0.1) is 10.2 Å². The zero-order chi connectivity index (χ0) is 20.3. The highest BCUT2D eigenvalue weighted by molar-refractivity contribution is 5.96. The number of rotatable bonds is 7. The highest BCUT2D eigenvalue weighted by atomic mass is 16.2. The third kappa shape index (κ3) is 4.24. The molecule has 0 spiro atoms. The van der Waals surface area contributed by atoms with Crippen molar-refractivity contribution in [2.45, 2.75) is 31.8 Å². The second-order valence-electron chi connectivity index (χ2n) is 6.73. The smallest absolute Gasteiger partial charge is 0.273 e. The van der Waals surface area contributed by atoms with E-state index in [-0.39, 0.29) is 41.4 Å². The van der Waals surface area contributed by atoms with Gasteiger partial charge in [0, 0.05) is 25.3 Å². The monoisotopic (exact) mass is 385 g/mol. The topological polar surface area (TPSA) is 153 Å². The van der Waals surface area contributed by atoms with Gasteiger partial charge in [0.2, 0.25) is 11.9 Å². The average Bonchev–Trinajstić information content (AvgIpc) is 3.21. The van der Waals surface area contributed by atoms with Crippen LogP contribution < -0.4 is 21.7 Å². The van der Waals surface area contributed by atoms with Crippen molar-refractivity contribution in [3.05, 3.63) is 30.7 Å². The zero-order valence-electron chi connectivity index (χ0n) is 15.7. The first-order valence-electron chi connectivity index (χ1n) is 8.87. The van der Waals surface area contributed by atoms with Gasteiger partial charge < -0.3 is 21.7 Å². The molecule has 1 aliphatic carbocycles. The maximum Gasteiger partial charge on any atom is 0.273 e. The molecule has 1 fully saturated rings. The second-order valence-corrected chi connectivity index (χ2v) is 6.73. The molecule has 3 atom stereocenters. The lowest BCUT2D eigenvalue weighted by atomic mass is 10.0. The van der Waals surface area contributed by atoms with Crippen LogP contribution in [0.4, 0.5) is 17.5 Å². The Kier molecular flexibility index (Phi) is 5.52. The molecule has 2 amide bonds. The minimum atomic E-state index is -0.737. The summed E-state index contributed by atoms with van der Waals surface area (Å²) in [5.41, 5.74) is 5.95. The van der Waals surface area contributed by atoms with E-state index in [2.05, 4.69) is 42.8 Å². The van der Waals surface area contributed by atoms with Crippen LogP contribution >= 0.6 is 0 Å². The normalized spacial score (nSPS) is 21.1. The molecule has 0 aromatic carbocycles. The lowest BCUT2D eigenvalue weighted by Gasteiger charge is -2.22. The van der Waals surface area contributed by atoms with Gasteiger partial charge in [0.05, 0.1) is 11.9 Å². The molecule has 1 aliphatic rings. The standard InChI is InChI=1S/C17H23N9O2/c1-4-13(27)21-11-5-6-12(9(11)2)22-17-23-16(14(15(18)28)24-25-17)20-10-7-19-26(3)8-10/h4,7-9,11-12H,1,5-6H2,2-3H3,(H2,18,28)(H,21,27)(H2,20,22,23,25)/t9-,11?,12+/m0/s1. The van der Waals surface area contributed by atoms with Crippen LogP contribution in [0.25, 0.3) is 0 Å². The molecule has 148 valence electrons. The number of anilines is 3. The molecule has 0 bridgehead atoms. The van der Waals surface area contributed by atoms with Crippen LogP contribution in [0.5, 0.6) is 0 Å². The van der Waals surface area contributed by atoms with Crippen molar-refractivity contribution < 1.29 is 9.59 Å². The van der Waals surface area contributed by atoms with E-state index in [4.69, 9.17) is 5.73 Å². The summed E-state index contributed by atoms with van der Waals surface area (Å²) in [6.07, 6.45) is 6.23. The molecule has 11 nitrogen and oxygen atoms in total. The molecule has 0 radical (unpaired) electrons. The van der Waals surface area contributed by atoms with Gasteiger partial charge >= 0.3 is 0 Å². The Morgan fingerprint density at radius 3 is 2.71 bits per heavy atom. The Morgan fingerprint density at radius 2 is 2.07 bits per heavy atom. The number of carbonyl (C=O) groups is 2. The molecule has 11 heteroatoms. The molecule has 2 aromatic rings. The third-order valence-electron chi connectivity index (χ3n) is 4.77. The number of hydrogen-bond acceptors (Lipinski definition) is 8. The fourth-order valence-corrected chi connectivity index (χ4v) is 3.24. The fraction of sp³-hybridized carbons (Fsp3) is 0.412. The molecule has 2 aromatic heterocycles. The lowest BCUT2D eigenvalue weighted by molar-refractivity contribution is -0.117. The van der Waals surface area contributed by atoms with Crippen molar-refractivity contribution in [2.24, 2.45) is 18.7 Å². The predicted octanol–water partition coefficient (Wildman–Crippen LogP) is 0.329. The average molecular weight is 385 g/mol. The summed E-state index contributed by atoms with van der Waals surface area (Å²) in [6, 6.07) is 0.0800. The minimum Gasteiger partial charge on any atom is -0.364 e. The summed E-state index contributed by atoms with van der Waals surface area (Å²) in [7, 11) is 1.77. The van der Waals surface area contributed by atoms with E-state index in [1.165, 1.54) is 6.08 Å². The van der Waals surface area contributed by atoms with Gasteiger partial charge in [-0.1, -0.05) is 13.5 Å². The van der Waals surface area contributed by atoms with E-state index < -0.39 is 5.91 Å². The van der Waals surface area contributed by atoms with Crippen LogP contribution in [0.15, 0.2) is 25.0 Å². The van der Waals surface area contributed by atoms with E-state index in [1.54, 1.807) is 24.1 Å². The summed E-state index contributed by atoms with van der Waals surface area (Å²) < 4.78 is 1.61. The van der Waals surface area contributed by atoms with E-state index in [1.807, 2.05) is 6.92 Å². The highest BCUT2D eigenvalue weighted by Gasteiger charge is 2.34. The molecule has 1 saturated carbocycles. The quantitative estimate of drug-likeness (QED) is 0.497. The van der Waals surface area contributed by atoms with Crippen molar-refractivity contribution in [2.75, 3.05) is 10.6 Å². The van der Waals surface area contributed by atoms with Gasteiger partial charge in [0.15, 0.2) is 11.5 Å². The van der Waals surface area contributed by atoms with Gasteiger partial charge in [-0.05, 0) is 24.8 Å². The molecule has 3 rings (SSSR count). The van der Waals surface area contributed by atoms with Crippen LogP contribution in [-0.2, 0) is 11.8 Å². The Hall–Kier alpha value is -3.50. The number of nitrogens with two attached hydrogens (primary N) is 1. The van der Waals surface area contributed by atoms with Gasteiger partial charge in [0.1, 0.15) is 0 Å². The number of carbonyl (C=O) groups excluding carboxylic acids is 2. The maximum absolute atomic E-state index is 11.6. The molecular weight excluding hydrogens is 362 g/mol. The lowest BCUT2D eigenvalue weighted by Crippen LogP contribution is -2.39. The number of hydrogen-bond donors (Lipinski definition) is 4. The van der Waals surface area contributed by atoms with Crippen molar-refractivity contribution in [1.82, 2.24) is 30.3 Å². The first kappa shape index (κ1) is 19.3. The Morgan fingerprint density at radius 1 is 1.32 bits per heavy atom. The second kappa shape index (κ2) is 8.03. The Bertz CT molecular complexity index is 895. The molecule has 2 heterocycles. The molecular formula is C17H23N9O2. The first-order chi connectivity index (χ1) is 13.4.